The minimum absolute atomic E-state index is 0.209. The van der Waals surface area contributed by atoms with Crippen molar-refractivity contribution < 1.29 is 9.59 Å². The molecule has 2 amide bonds. The molecule has 7 nitrogen and oxygen atoms in total. The minimum atomic E-state index is -0.354. The molecule has 1 N–H and O–H groups in total. The molecule has 0 saturated carbocycles. The normalized spacial score (nSPS) is 16.4. The average molecular weight is 417 g/mol. The van der Waals surface area contributed by atoms with E-state index in [1.165, 1.54) is 0 Å². The number of fused-ring (bicyclic) bond motifs is 1. The SMILES string of the molecule is Cc1nn(-c2ccccc2)nc1Cn1ccc2cc(CC3SC(=O)NC3=O)ccc21. The highest BCUT2D eigenvalue weighted by molar-refractivity contribution is 8.15. The Kier molecular flexibility index (Phi) is 4.63. The minimum Gasteiger partial charge on any atom is -0.341 e. The van der Waals surface area contributed by atoms with E-state index >= 15 is 0 Å². The summed E-state index contributed by atoms with van der Waals surface area (Å²) in [6.45, 7) is 2.59. The van der Waals surface area contributed by atoms with Gasteiger partial charge in [-0.15, -0.1) is 0 Å². The highest BCUT2D eigenvalue weighted by Gasteiger charge is 2.31. The lowest BCUT2D eigenvalue weighted by Crippen LogP contribution is -2.25. The summed E-state index contributed by atoms with van der Waals surface area (Å²) in [6, 6.07) is 18.1. The molecular weight excluding hydrogens is 398 g/mol. The molecule has 0 bridgehead atoms. The molecule has 30 heavy (non-hydrogen) atoms. The first kappa shape index (κ1) is 18.6. The quantitative estimate of drug-likeness (QED) is 0.538. The van der Waals surface area contributed by atoms with E-state index in [2.05, 4.69) is 38.3 Å². The van der Waals surface area contributed by atoms with E-state index in [0.717, 1.165) is 45.3 Å². The van der Waals surface area contributed by atoms with Gasteiger partial charge in [0.25, 0.3) is 5.24 Å². The molecule has 8 heteroatoms. The lowest BCUT2D eigenvalue weighted by Gasteiger charge is -2.07. The summed E-state index contributed by atoms with van der Waals surface area (Å²) in [4.78, 5) is 24.9. The van der Waals surface area contributed by atoms with Crippen LogP contribution in [0.25, 0.3) is 16.6 Å². The van der Waals surface area contributed by atoms with E-state index in [4.69, 9.17) is 0 Å². The molecule has 0 radical (unpaired) electrons. The summed E-state index contributed by atoms with van der Waals surface area (Å²) in [7, 11) is 0. The smallest absolute Gasteiger partial charge is 0.286 e. The number of carbonyl (C=O) groups is 2. The summed E-state index contributed by atoms with van der Waals surface area (Å²) in [5.41, 5.74) is 4.87. The van der Waals surface area contributed by atoms with Gasteiger partial charge in [-0.1, -0.05) is 36.0 Å². The predicted octanol–water partition coefficient (Wildman–Crippen LogP) is 3.47. The Balaban J connectivity index is 1.38. The second kappa shape index (κ2) is 7.46. The van der Waals surface area contributed by atoms with Crippen LogP contribution < -0.4 is 5.32 Å². The van der Waals surface area contributed by atoms with Crippen molar-refractivity contribution >= 4 is 33.8 Å². The molecule has 1 atom stereocenters. The highest BCUT2D eigenvalue weighted by atomic mass is 32.2. The zero-order chi connectivity index (χ0) is 20.7. The van der Waals surface area contributed by atoms with E-state index < -0.39 is 0 Å². The Labute approximate surface area is 177 Å². The molecular formula is C22H19N5O2S. The number of nitrogens with one attached hydrogen (secondary N) is 1. The standard InChI is InChI=1S/C22H19N5O2S/c1-14-18(25-27(24-14)17-5-3-2-4-6-17)13-26-10-9-16-11-15(7-8-19(16)26)12-20-21(28)23-22(29)30-20/h2-11,20H,12-13H2,1H3,(H,23,28,29). The third kappa shape index (κ3) is 3.50. The molecule has 0 spiro atoms. The molecule has 1 saturated heterocycles. The summed E-state index contributed by atoms with van der Waals surface area (Å²) in [5.74, 6) is -0.209. The maximum atomic E-state index is 11.8. The second-order valence-corrected chi connectivity index (χ2v) is 8.46. The number of aryl methyl sites for hydroxylation is 1. The van der Waals surface area contributed by atoms with Gasteiger partial charge in [-0.3, -0.25) is 14.9 Å². The molecule has 5 rings (SSSR count). The monoisotopic (exact) mass is 417 g/mol. The lowest BCUT2D eigenvalue weighted by molar-refractivity contribution is -0.118. The fourth-order valence-corrected chi connectivity index (χ4v) is 4.51. The highest BCUT2D eigenvalue weighted by Crippen LogP contribution is 2.25. The Hall–Kier alpha value is -3.39. The van der Waals surface area contributed by atoms with E-state index in [-0.39, 0.29) is 16.4 Å². The number of para-hydroxylation sites is 1. The van der Waals surface area contributed by atoms with Crippen LogP contribution in [0.15, 0.2) is 60.8 Å². The molecule has 4 aromatic rings. The van der Waals surface area contributed by atoms with Crippen LogP contribution in [0, 0.1) is 6.92 Å². The van der Waals surface area contributed by atoms with Gasteiger partial charge in [-0.25, -0.2) is 0 Å². The van der Waals surface area contributed by atoms with Crippen LogP contribution in [0.5, 0.6) is 0 Å². The molecule has 2 aromatic carbocycles. The van der Waals surface area contributed by atoms with Gasteiger partial charge in [-0.2, -0.15) is 15.0 Å². The van der Waals surface area contributed by atoms with Gasteiger partial charge in [0.15, 0.2) is 0 Å². The van der Waals surface area contributed by atoms with Gasteiger partial charge in [0.05, 0.1) is 23.2 Å². The van der Waals surface area contributed by atoms with Gasteiger partial charge in [-0.05, 0) is 54.6 Å². The number of benzene rings is 2. The predicted molar refractivity (Wildman–Crippen MR) is 116 cm³/mol. The molecule has 1 unspecified atom stereocenters. The first-order chi connectivity index (χ1) is 14.6. The number of rotatable bonds is 5. The summed E-state index contributed by atoms with van der Waals surface area (Å²) in [5, 5.41) is 12.0. The largest absolute Gasteiger partial charge is 0.341 e. The first-order valence-electron chi connectivity index (χ1n) is 9.64. The summed E-state index contributed by atoms with van der Waals surface area (Å²) < 4.78 is 2.14. The number of amides is 2. The maximum absolute atomic E-state index is 11.8. The van der Waals surface area contributed by atoms with Crippen LogP contribution in [0.3, 0.4) is 0 Å². The van der Waals surface area contributed by atoms with Crippen molar-refractivity contribution in [3.05, 3.63) is 77.7 Å². The van der Waals surface area contributed by atoms with E-state index in [9.17, 15) is 9.59 Å². The number of carbonyl (C=O) groups excluding carboxylic acids is 2. The Bertz CT molecular complexity index is 1260. The van der Waals surface area contributed by atoms with E-state index in [0.29, 0.717) is 13.0 Å². The average Bonchev–Trinajstić information content (AvgIpc) is 3.40. The van der Waals surface area contributed by atoms with E-state index in [1.54, 1.807) is 4.80 Å². The fourth-order valence-electron chi connectivity index (χ4n) is 3.65. The Morgan fingerprint density at radius 1 is 1.07 bits per heavy atom. The molecule has 3 heterocycles. The molecule has 0 aliphatic carbocycles. The first-order valence-corrected chi connectivity index (χ1v) is 10.5. The van der Waals surface area contributed by atoms with Gasteiger partial charge >= 0.3 is 0 Å². The van der Waals surface area contributed by atoms with Crippen molar-refractivity contribution in [1.29, 1.82) is 0 Å². The maximum Gasteiger partial charge on any atom is 0.286 e. The van der Waals surface area contributed by atoms with Crippen LogP contribution >= 0.6 is 11.8 Å². The molecule has 150 valence electrons. The number of hydrogen-bond acceptors (Lipinski definition) is 5. The van der Waals surface area contributed by atoms with Gasteiger partial charge < -0.3 is 4.57 Å². The number of thioether (sulfide) groups is 1. The van der Waals surface area contributed by atoms with Gasteiger partial charge in [0.1, 0.15) is 5.69 Å². The lowest BCUT2D eigenvalue weighted by atomic mass is 10.1. The Morgan fingerprint density at radius 3 is 2.67 bits per heavy atom. The zero-order valence-electron chi connectivity index (χ0n) is 16.3. The second-order valence-electron chi connectivity index (χ2n) is 7.28. The van der Waals surface area contributed by atoms with Crippen molar-refractivity contribution in [3.63, 3.8) is 0 Å². The zero-order valence-corrected chi connectivity index (χ0v) is 17.1. The van der Waals surface area contributed by atoms with Crippen molar-refractivity contribution in [1.82, 2.24) is 24.9 Å². The van der Waals surface area contributed by atoms with Crippen molar-refractivity contribution in [2.75, 3.05) is 0 Å². The van der Waals surface area contributed by atoms with Crippen LogP contribution in [-0.2, 0) is 17.8 Å². The molecule has 1 fully saturated rings. The van der Waals surface area contributed by atoms with Crippen LogP contribution in [0.4, 0.5) is 4.79 Å². The van der Waals surface area contributed by atoms with Crippen LogP contribution in [0.2, 0.25) is 0 Å². The topological polar surface area (TPSA) is 81.8 Å². The Morgan fingerprint density at radius 2 is 1.90 bits per heavy atom. The van der Waals surface area contributed by atoms with Crippen molar-refractivity contribution in [3.8, 4) is 5.69 Å². The molecule has 1 aliphatic heterocycles. The third-order valence-electron chi connectivity index (χ3n) is 5.21. The number of nitrogens with zero attached hydrogens (tertiary/aromatic N) is 4. The molecule has 1 aliphatic rings. The van der Waals surface area contributed by atoms with E-state index in [1.807, 2.05) is 49.5 Å². The number of hydrogen-bond donors (Lipinski definition) is 1. The third-order valence-corrected chi connectivity index (χ3v) is 6.19. The number of imide groups is 1. The van der Waals surface area contributed by atoms with Crippen LogP contribution in [0.1, 0.15) is 17.0 Å². The van der Waals surface area contributed by atoms with Gasteiger partial charge in [0.2, 0.25) is 5.91 Å². The van der Waals surface area contributed by atoms with Crippen LogP contribution in [-0.4, -0.2) is 36.0 Å². The summed E-state index contributed by atoms with van der Waals surface area (Å²) in [6.07, 6.45) is 2.57. The van der Waals surface area contributed by atoms with Crippen molar-refractivity contribution in [2.24, 2.45) is 0 Å². The summed E-state index contributed by atoms with van der Waals surface area (Å²) >= 11 is 1.06. The van der Waals surface area contributed by atoms with Crippen molar-refractivity contribution in [2.45, 2.75) is 25.1 Å². The molecule has 2 aromatic heterocycles. The number of aromatic nitrogens is 4. The van der Waals surface area contributed by atoms with Gasteiger partial charge in [0, 0.05) is 11.7 Å². The fraction of sp³-hybridized carbons (Fsp3) is 0.182.